The van der Waals surface area contributed by atoms with Gasteiger partial charge < -0.3 is 29.9 Å². The SMILES string of the molecule is CS(=O)(=O)N1C[C@@H]2CN(CCO2)C(=O)[C@@H]2C[C@@H](CN2Cc2ccc(F)c(F)c2)NC(=O)C[C@@H]2O[C@H](C1)[C@@H](O)[C@H]2O. The minimum absolute atomic E-state index is 0.108. The maximum atomic E-state index is 13.9. The second kappa shape index (κ2) is 11.5. The van der Waals surface area contributed by atoms with Crippen LogP contribution in [0, 0.1) is 11.6 Å². The summed E-state index contributed by atoms with van der Waals surface area (Å²) in [5, 5.41) is 24.0. The molecule has 4 saturated heterocycles. The summed E-state index contributed by atoms with van der Waals surface area (Å²) in [5.74, 6) is -2.69. The first-order valence-electron chi connectivity index (χ1n) is 13.2. The van der Waals surface area contributed by atoms with Crippen LogP contribution in [0.5, 0.6) is 0 Å². The average Bonchev–Trinajstić information content (AvgIpc) is 3.39. The van der Waals surface area contributed by atoms with E-state index in [1.54, 1.807) is 9.80 Å². The Morgan fingerprint density at radius 3 is 2.52 bits per heavy atom. The molecule has 222 valence electrons. The molecular formula is C25H34F2N4O8S. The van der Waals surface area contributed by atoms with Gasteiger partial charge in [-0.3, -0.25) is 14.5 Å². The molecule has 0 aromatic heterocycles. The molecule has 15 heteroatoms. The molecule has 0 aliphatic carbocycles. The normalized spacial score (nSPS) is 34.7. The van der Waals surface area contributed by atoms with Crippen LogP contribution >= 0.6 is 0 Å². The van der Waals surface area contributed by atoms with E-state index in [4.69, 9.17) is 9.47 Å². The van der Waals surface area contributed by atoms with Crippen LogP contribution in [0.15, 0.2) is 18.2 Å². The Labute approximate surface area is 230 Å². The molecule has 4 fully saturated rings. The summed E-state index contributed by atoms with van der Waals surface area (Å²) in [6.07, 6.45) is -4.63. The summed E-state index contributed by atoms with van der Waals surface area (Å²) in [5.41, 5.74) is 0.459. The molecular weight excluding hydrogens is 554 g/mol. The number of aliphatic hydroxyl groups is 2. The Balaban J connectivity index is 1.43. The van der Waals surface area contributed by atoms with Crippen LogP contribution in [-0.2, 0) is 35.6 Å². The second-order valence-electron chi connectivity index (χ2n) is 10.9. The Kier molecular flexibility index (Phi) is 8.44. The van der Waals surface area contributed by atoms with E-state index in [1.807, 2.05) is 0 Å². The molecule has 12 nitrogen and oxygen atoms in total. The number of benzene rings is 1. The number of carbonyl (C=O) groups is 2. The maximum absolute atomic E-state index is 13.9. The molecule has 1 aromatic carbocycles. The summed E-state index contributed by atoms with van der Waals surface area (Å²) in [4.78, 5) is 30.1. The van der Waals surface area contributed by atoms with Crippen LogP contribution in [0.25, 0.3) is 0 Å². The molecule has 7 atom stereocenters. The number of nitrogens with zero attached hydrogens (tertiary/aromatic N) is 3. The number of aliphatic hydroxyl groups excluding tert-OH is 2. The highest BCUT2D eigenvalue weighted by Crippen LogP contribution is 2.28. The molecule has 5 rings (SSSR count). The van der Waals surface area contributed by atoms with Gasteiger partial charge in [-0.15, -0.1) is 0 Å². The van der Waals surface area contributed by atoms with Crippen molar-refractivity contribution >= 4 is 21.8 Å². The minimum Gasteiger partial charge on any atom is -0.388 e. The lowest BCUT2D eigenvalue weighted by Gasteiger charge is -2.38. The van der Waals surface area contributed by atoms with Gasteiger partial charge in [-0.2, -0.15) is 4.31 Å². The third kappa shape index (κ3) is 6.30. The van der Waals surface area contributed by atoms with E-state index >= 15 is 0 Å². The predicted molar refractivity (Wildman–Crippen MR) is 135 cm³/mol. The highest BCUT2D eigenvalue weighted by atomic mass is 32.2. The maximum Gasteiger partial charge on any atom is 0.240 e. The Morgan fingerprint density at radius 1 is 1.05 bits per heavy atom. The highest BCUT2D eigenvalue weighted by Gasteiger charge is 2.46. The number of sulfonamides is 1. The van der Waals surface area contributed by atoms with Crippen molar-refractivity contribution < 1.29 is 46.5 Å². The molecule has 4 aliphatic heterocycles. The van der Waals surface area contributed by atoms with Crippen LogP contribution in [0.3, 0.4) is 0 Å². The number of hydrogen-bond acceptors (Lipinski definition) is 9. The van der Waals surface area contributed by atoms with Crippen LogP contribution in [0.1, 0.15) is 18.4 Å². The van der Waals surface area contributed by atoms with Crippen LogP contribution in [0.2, 0.25) is 0 Å². The molecule has 0 radical (unpaired) electrons. The van der Waals surface area contributed by atoms with Crippen LogP contribution < -0.4 is 5.32 Å². The molecule has 2 amide bonds. The first-order valence-corrected chi connectivity index (χ1v) is 15.1. The van der Waals surface area contributed by atoms with Gasteiger partial charge in [0, 0.05) is 45.3 Å². The number of ether oxygens (including phenoxy) is 2. The standard InChI is InChI=1S/C25H34F2N4O8S/c1-40(36,37)31-12-16-11-29(4-5-38-16)25(35)19-7-15(10-30(19)9-14-2-3-17(26)18(27)6-14)28-22(32)8-20-23(33)24(34)21(13-31)39-20/h2-3,6,15-16,19-21,23-24,33-34H,4-5,7-13H2,1H3,(H,28,32)/t15-,16-,19-,20-,21+,23-,24+/m0/s1. The molecule has 0 unspecified atom stereocenters. The number of carbonyl (C=O) groups excluding carboxylic acids is 2. The Hall–Kier alpha value is -2.27. The zero-order valence-electron chi connectivity index (χ0n) is 22.0. The van der Waals surface area contributed by atoms with Crippen molar-refractivity contribution in [3.05, 3.63) is 35.4 Å². The van der Waals surface area contributed by atoms with E-state index in [0.717, 1.165) is 22.7 Å². The monoisotopic (exact) mass is 588 g/mol. The smallest absolute Gasteiger partial charge is 0.240 e. The predicted octanol–water partition coefficient (Wildman–Crippen LogP) is -1.59. The average molecular weight is 589 g/mol. The van der Waals surface area contributed by atoms with E-state index in [1.165, 1.54) is 6.07 Å². The Bertz CT molecular complexity index is 1240. The fourth-order valence-electron chi connectivity index (χ4n) is 5.94. The zero-order chi connectivity index (χ0) is 28.8. The molecule has 3 N–H and O–H groups in total. The second-order valence-corrected chi connectivity index (χ2v) is 12.9. The van der Waals surface area contributed by atoms with Gasteiger partial charge >= 0.3 is 0 Å². The summed E-state index contributed by atoms with van der Waals surface area (Å²) in [6, 6.07) is 2.40. The number of morpholine rings is 1. The Morgan fingerprint density at radius 2 is 1.80 bits per heavy atom. The summed E-state index contributed by atoms with van der Waals surface area (Å²) in [6.45, 7) is 0.575. The van der Waals surface area contributed by atoms with Gasteiger partial charge in [0.25, 0.3) is 0 Å². The van der Waals surface area contributed by atoms with Gasteiger partial charge in [0.05, 0.1) is 37.5 Å². The highest BCUT2D eigenvalue weighted by molar-refractivity contribution is 7.88. The first-order chi connectivity index (χ1) is 18.9. The number of fused-ring (bicyclic) bond motifs is 6. The van der Waals surface area contributed by atoms with Crippen molar-refractivity contribution in [3.63, 3.8) is 0 Å². The van der Waals surface area contributed by atoms with Gasteiger partial charge in [0.1, 0.15) is 18.3 Å². The van der Waals surface area contributed by atoms with E-state index in [0.29, 0.717) is 5.56 Å². The fourth-order valence-corrected chi connectivity index (χ4v) is 6.80. The molecule has 1 aromatic rings. The zero-order valence-corrected chi connectivity index (χ0v) is 22.8. The molecule has 40 heavy (non-hydrogen) atoms. The lowest BCUT2D eigenvalue weighted by atomic mass is 10.0. The number of rotatable bonds is 3. The van der Waals surface area contributed by atoms with Crippen molar-refractivity contribution in [3.8, 4) is 0 Å². The van der Waals surface area contributed by atoms with Crippen molar-refractivity contribution in [2.45, 2.75) is 62.0 Å². The van der Waals surface area contributed by atoms with Crippen LogP contribution in [-0.4, -0.2) is 133 Å². The summed E-state index contributed by atoms with van der Waals surface area (Å²) >= 11 is 0. The largest absolute Gasteiger partial charge is 0.388 e. The topological polar surface area (TPSA) is 149 Å². The van der Waals surface area contributed by atoms with E-state index < -0.39 is 70.2 Å². The van der Waals surface area contributed by atoms with Crippen molar-refractivity contribution in [1.82, 2.24) is 19.4 Å². The molecule has 4 heterocycles. The van der Waals surface area contributed by atoms with Gasteiger partial charge in [-0.1, -0.05) is 6.07 Å². The molecule has 6 bridgehead atoms. The minimum atomic E-state index is -3.80. The number of halogens is 2. The van der Waals surface area contributed by atoms with Gasteiger partial charge in [-0.25, -0.2) is 17.2 Å². The molecule has 0 saturated carbocycles. The number of nitrogens with one attached hydrogen (secondary N) is 1. The third-order valence-corrected chi connectivity index (χ3v) is 9.22. The number of likely N-dealkylation sites (tertiary alicyclic amines) is 1. The van der Waals surface area contributed by atoms with Gasteiger partial charge in [0.15, 0.2) is 11.6 Å². The number of amides is 2. The first kappa shape index (κ1) is 29.2. The van der Waals surface area contributed by atoms with Crippen LogP contribution in [0.4, 0.5) is 8.78 Å². The summed E-state index contributed by atoms with van der Waals surface area (Å²) in [7, 11) is -3.80. The molecule has 0 spiro atoms. The van der Waals surface area contributed by atoms with Crippen molar-refractivity contribution in [2.24, 2.45) is 0 Å². The lowest BCUT2D eigenvalue weighted by Crippen LogP contribution is -2.55. The van der Waals surface area contributed by atoms with E-state index in [-0.39, 0.29) is 64.6 Å². The van der Waals surface area contributed by atoms with Crippen molar-refractivity contribution in [2.75, 3.05) is 45.6 Å². The third-order valence-electron chi connectivity index (χ3n) is 7.98. The lowest BCUT2D eigenvalue weighted by molar-refractivity contribution is -0.144. The van der Waals surface area contributed by atoms with Crippen molar-refractivity contribution in [1.29, 1.82) is 0 Å². The molecule has 4 aliphatic rings. The van der Waals surface area contributed by atoms with E-state index in [9.17, 15) is 37.0 Å². The fraction of sp³-hybridized carbons (Fsp3) is 0.680. The van der Waals surface area contributed by atoms with Gasteiger partial charge in [-0.05, 0) is 24.1 Å². The quantitative estimate of drug-likeness (QED) is 0.380. The summed E-state index contributed by atoms with van der Waals surface area (Å²) < 4.78 is 65.2. The van der Waals surface area contributed by atoms with Gasteiger partial charge in [0.2, 0.25) is 21.8 Å². The number of hydrogen-bond donors (Lipinski definition) is 3. The van der Waals surface area contributed by atoms with E-state index in [2.05, 4.69) is 5.32 Å².